The molecular weight excluding hydrogens is 440 g/mol. The minimum Gasteiger partial charge on any atom is -0.492 e. The van der Waals surface area contributed by atoms with Crippen LogP contribution in [0.2, 0.25) is 0 Å². The molecule has 0 saturated carbocycles. The zero-order valence-electron chi connectivity index (χ0n) is 19.8. The number of hydrogen-bond acceptors (Lipinski definition) is 4. The quantitative estimate of drug-likeness (QED) is 0.403. The number of hydrogen-bond donors (Lipinski definition) is 1. The van der Waals surface area contributed by atoms with Gasteiger partial charge in [-0.05, 0) is 50.1 Å². The summed E-state index contributed by atoms with van der Waals surface area (Å²) in [6, 6.07) is 23.8. The normalized spacial score (nSPS) is 15.4. The maximum absolute atomic E-state index is 13.9. The number of nitrogens with zero attached hydrogens (tertiary/aromatic N) is 3. The molecule has 3 aromatic carbocycles. The number of carbonyl (C=O) groups is 1. The smallest absolute Gasteiger partial charge is 0.323 e. The monoisotopic (exact) mass is 468 g/mol. The lowest BCUT2D eigenvalue weighted by Gasteiger charge is -2.34. The van der Waals surface area contributed by atoms with E-state index in [1.165, 1.54) is 0 Å². The van der Waals surface area contributed by atoms with Crippen molar-refractivity contribution in [3.05, 3.63) is 101 Å². The third kappa shape index (κ3) is 4.25. The summed E-state index contributed by atoms with van der Waals surface area (Å²) in [6.45, 7) is 4.92. The van der Waals surface area contributed by atoms with Gasteiger partial charge in [-0.1, -0.05) is 54.6 Å². The van der Waals surface area contributed by atoms with Crippen molar-refractivity contribution in [1.29, 1.82) is 0 Å². The standard InChI is InChI=1S/C28H28N4O3/c1-3-35-25-16-10-9-15-23(25)30-28(34)32(19(2)20-11-5-4-6-12-20)24-17-18-31-26(24)29-22-14-8-7-13-21(22)27(31)33/h4-16,19,24H,3,17-18H2,1-2H3,(H,30,34)/t19-,24-/m0/s1. The number of benzene rings is 3. The van der Waals surface area contributed by atoms with Crippen molar-refractivity contribution < 1.29 is 9.53 Å². The van der Waals surface area contributed by atoms with Gasteiger partial charge in [-0.25, -0.2) is 9.78 Å². The Kier molecular flexibility index (Phi) is 6.23. The Balaban J connectivity index is 1.57. The predicted octanol–water partition coefficient (Wildman–Crippen LogP) is 5.54. The first-order chi connectivity index (χ1) is 17.1. The van der Waals surface area contributed by atoms with Gasteiger partial charge in [-0.2, -0.15) is 0 Å². The average molecular weight is 469 g/mol. The molecule has 0 spiro atoms. The topological polar surface area (TPSA) is 76.5 Å². The Hall–Kier alpha value is -4.13. The molecule has 2 heterocycles. The average Bonchev–Trinajstić information content (AvgIpc) is 3.30. The van der Waals surface area contributed by atoms with E-state index >= 15 is 0 Å². The molecule has 0 radical (unpaired) electrons. The van der Waals surface area contributed by atoms with Crippen LogP contribution in [0.3, 0.4) is 0 Å². The number of carbonyl (C=O) groups excluding carboxylic acids is 1. The SMILES string of the molecule is CCOc1ccccc1NC(=O)N([C@@H](C)c1ccccc1)[C@H]1CCn2c1nc1ccccc1c2=O. The van der Waals surface area contributed by atoms with Crippen LogP contribution in [0.5, 0.6) is 5.75 Å². The highest BCUT2D eigenvalue weighted by Crippen LogP contribution is 2.37. The van der Waals surface area contributed by atoms with Crippen LogP contribution in [-0.2, 0) is 6.54 Å². The van der Waals surface area contributed by atoms with E-state index in [-0.39, 0.29) is 23.7 Å². The van der Waals surface area contributed by atoms with Crippen LogP contribution >= 0.6 is 0 Å². The Morgan fingerprint density at radius 1 is 1.09 bits per heavy atom. The van der Waals surface area contributed by atoms with Gasteiger partial charge >= 0.3 is 6.03 Å². The summed E-state index contributed by atoms with van der Waals surface area (Å²) in [5, 5.41) is 3.64. The second kappa shape index (κ2) is 9.62. The predicted molar refractivity (Wildman–Crippen MR) is 137 cm³/mol. The summed E-state index contributed by atoms with van der Waals surface area (Å²) in [7, 11) is 0. The minimum absolute atomic E-state index is 0.0671. The maximum atomic E-state index is 13.9. The molecule has 1 aromatic heterocycles. The fourth-order valence-corrected chi connectivity index (χ4v) is 4.81. The summed E-state index contributed by atoms with van der Waals surface area (Å²) in [5.74, 6) is 1.23. The summed E-state index contributed by atoms with van der Waals surface area (Å²) in [6.07, 6.45) is 0.607. The summed E-state index contributed by atoms with van der Waals surface area (Å²) in [5.41, 5.74) is 2.18. The van der Waals surface area contributed by atoms with Crippen LogP contribution in [-0.4, -0.2) is 27.1 Å². The fraction of sp³-hybridized carbons (Fsp3) is 0.250. The number of fused-ring (bicyclic) bond motifs is 2. The van der Waals surface area contributed by atoms with E-state index in [1.807, 2.05) is 86.6 Å². The van der Waals surface area contributed by atoms with E-state index in [0.29, 0.717) is 47.7 Å². The van der Waals surface area contributed by atoms with E-state index in [4.69, 9.17) is 9.72 Å². The number of amides is 2. The van der Waals surface area contributed by atoms with Gasteiger partial charge in [-0.15, -0.1) is 0 Å². The van der Waals surface area contributed by atoms with Crippen molar-refractivity contribution in [3.8, 4) is 5.75 Å². The zero-order valence-corrected chi connectivity index (χ0v) is 19.8. The number of anilines is 1. The van der Waals surface area contributed by atoms with Crippen LogP contribution in [0.1, 0.15) is 43.7 Å². The van der Waals surface area contributed by atoms with Gasteiger partial charge in [0.1, 0.15) is 11.6 Å². The molecule has 4 aromatic rings. The number of nitrogens with one attached hydrogen (secondary N) is 1. The Labute approximate surface area is 204 Å². The fourth-order valence-electron chi connectivity index (χ4n) is 4.81. The van der Waals surface area contributed by atoms with Gasteiger partial charge in [0.25, 0.3) is 5.56 Å². The second-order valence-electron chi connectivity index (χ2n) is 8.60. The highest BCUT2D eigenvalue weighted by Gasteiger charge is 2.37. The van der Waals surface area contributed by atoms with Crippen molar-refractivity contribution >= 4 is 22.6 Å². The van der Waals surface area contributed by atoms with E-state index in [1.54, 1.807) is 15.5 Å². The third-order valence-corrected chi connectivity index (χ3v) is 6.51. The molecule has 35 heavy (non-hydrogen) atoms. The molecule has 178 valence electrons. The van der Waals surface area contributed by atoms with Crippen LogP contribution in [0, 0.1) is 0 Å². The molecule has 0 bridgehead atoms. The van der Waals surface area contributed by atoms with Crippen LogP contribution < -0.4 is 15.6 Å². The van der Waals surface area contributed by atoms with E-state index in [0.717, 1.165) is 5.56 Å². The molecule has 5 rings (SSSR count). The van der Waals surface area contributed by atoms with Crippen molar-refractivity contribution in [2.75, 3.05) is 11.9 Å². The van der Waals surface area contributed by atoms with Gasteiger partial charge in [0, 0.05) is 6.54 Å². The molecule has 0 unspecified atom stereocenters. The van der Waals surface area contributed by atoms with Gasteiger partial charge in [-0.3, -0.25) is 9.36 Å². The van der Waals surface area contributed by atoms with E-state index in [9.17, 15) is 9.59 Å². The highest BCUT2D eigenvalue weighted by molar-refractivity contribution is 5.91. The number of urea groups is 1. The maximum Gasteiger partial charge on any atom is 0.323 e. The van der Waals surface area contributed by atoms with Crippen LogP contribution in [0.4, 0.5) is 10.5 Å². The van der Waals surface area contributed by atoms with Gasteiger partial charge in [0.05, 0.1) is 35.3 Å². The number of rotatable bonds is 6. The largest absolute Gasteiger partial charge is 0.492 e. The van der Waals surface area contributed by atoms with Crippen molar-refractivity contribution in [2.45, 2.75) is 38.9 Å². The lowest BCUT2D eigenvalue weighted by atomic mass is 10.0. The van der Waals surface area contributed by atoms with Crippen molar-refractivity contribution in [3.63, 3.8) is 0 Å². The van der Waals surface area contributed by atoms with E-state index < -0.39 is 0 Å². The van der Waals surface area contributed by atoms with Gasteiger partial charge in [0.2, 0.25) is 0 Å². The summed E-state index contributed by atoms with van der Waals surface area (Å²) >= 11 is 0. The lowest BCUT2D eigenvalue weighted by Crippen LogP contribution is -2.40. The Morgan fingerprint density at radius 2 is 1.80 bits per heavy atom. The Bertz CT molecular complexity index is 1420. The molecular formula is C28H28N4O3. The molecule has 1 N–H and O–H groups in total. The minimum atomic E-state index is -0.359. The third-order valence-electron chi connectivity index (χ3n) is 6.51. The summed E-state index contributed by atoms with van der Waals surface area (Å²) in [4.78, 5) is 33.7. The van der Waals surface area contributed by atoms with Crippen LogP contribution in [0.25, 0.3) is 10.9 Å². The molecule has 1 aliphatic rings. The highest BCUT2D eigenvalue weighted by atomic mass is 16.5. The van der Waals surface area contributed by atoms with Crippen molar-refractivity contribution in [1.82, 2.24) is 14.5 Å². The first-order valence-corrected chi connectivity index (χ1v) is 11.9. The number of para-hydroxylation sites is 3. The number of ether oxygens (including phenoxy) is 1. The lowest BCUT2D eigenvalue weighted by molar-refractivity contribution is 0.159. The Morgan fingerprint density at radius 3 is 2.60 bits per heavy atom. The number of aromatic nitrogens is 2. The van der Waals surface area contributed by atoms with Gasteiger partial charge in [0.15, 0.2) is 0 Å². The molecule has 2 amide bonds. The summed E-state index contributed by atoms with van der Waals surface area (Å²) < 4.78 is 7.42. The molecule has 7 heteroatoms. The first kappa shape index (κ1) is 22.7. The molecule has 0 aliphatic carbocycles. The van der Waals surface area contributed by atoms with Gasteiger partial charge < -0.3 is 15.0 Å². The first-order valence-electron chi connectivity index (χ1n) is 11.9. The zero-order chi connectivity index (χ0) is 24.4. The van der Waals surface area contributed by atoms with Crippen molar-refractivity contribution in [2.24, 2.45) is 0 Å². The molecule has 2 atom stereocenters. The molecule has 0 fully saturated rings. The molecule has 1 aliphatic heterocycles. The molecule has 7 nitrogen and oxygen atoms in total. The second-order valence-corrected chi connectivity index (χ2v) is 8.60. The molecule has 0 saturated heterocycles. The van der Waals surface area contributed by atoms with Crippen LogP contribution in [0.15, 0.2) is 83.7 Å². The van der Waals surface area contributed by atoms with E-state index in [2.05, 4.69) is 5.32 Å².